The molecule has 0 aliphatic rings. The van der Waals surface area contributed by atoms with Crippen LogP contribution in [0.25, 0.3) is 0 Å². The third-order valence-electron chi connectivity index (χ3n) is 2.97. The summed E-state index contributed by atoms with van der Waals surface area (Å²) < 4.78 is 31.8. The highest BCUT2D eigenvalue weighted by atomic mass is 35.5. The quantitative estimate of drug-likeness (QED) is 0.721. The lowest BCUT2D eigenvalue weighted by molar-refractivity contribution is 0.336. The highest BCUT2D eigenvalue weighted by molar-refractivity contribution is 6.22. The molecule has 1 unspecified atom stereocenters. The molecule has 0 aromatic heterocycles. The van der Waals surface area contributed by atoms with Gasteiger partial charge in [0.05, 0.1) is 12.0 Å². The van der Waals surface area contributed by atoms with Gasteiger partial charge in [-0.25, -0.2) is 8.78 Å². The Labute approximate surface area is 122 Å². The zero-order valence-electron chi connectivity index (χ0n) is 11.3. The number of hydrogen-bond acceptors (Lipinski definition) is 1. The van der Waals surface area contributed by atoms with Gasteiger partial charge in [-0.1, -0.05) is 23.8 Å². The molecule has 2 aromatic rings. The highest BCUT2D eigenvalue weighted by Gasteiger charge is 2.17. The third-order valence-corrected chi connectivity index (χ3v) is 3.46. The number of rotatable bonds is 4. The van der Waals surface area contributed by atoms with Crippen LogP contribution in [0.4, 0.5) is 8.78 Å². The molecule has 1 atom stereocenters. The Balaban J connectivity index is 2.43. The summed E-state index contributed by atoms with van der Waals surface area (Å²) >= 11 is 6.40. The van der Waals surface area contributed by atoms with E-state index in [2.05, 4.69) is 0 Å². The van der Waals surface area contributed by atoms with Crippen LogP contribution in [0.1, 0.15) is 29.0 Å². The lowest BCUT2D eigenvalue weighted by Crippen LogP contribution is -2.01. The van der Waals surface area contributed by atoms with Gasteiger partial charge in [-0.15, -0.1) is 11.6 Å². The van der Waals surface area contributed by atoms with Crippen LogP contribution < -0.4 is 4.74 Å². The number of benzene rings is 2. The molecular formula is C16H15ClF2O. The first-order valence-electron chi connectivity index (χ1n) is 6.35. The van der Waals surface area contributed by atoms with Gasteiger partial charge in [-0.3, -0.25) is 0 Å². The Morgan fingerprint density at radius 2 is 1.85 bits per heavy atom. The SMILES string of the molecule is CCOc1ccc(C)cc1C(Cl)c1ccc(F)c(F)c1. The van der Waals surface area contributed by atoms with Crippen LogP contribution in [0.3, 0.4) is 0 Å². The Hall–Kier alpha value is -1.61. The fraction of sp³-hybridized carbons (Fsp3) is 0.250. The molecule has 0 saturated carbocycles. The maximum Gasteiger partial charge on any atom is 0.159 e. The first kappa shape index (κ1) is 14.8. The van der Waals surface area contributed by atoms with Crippen LogP contribution in [0.5, 0.6) is 5.75 Å². The Bertz CT molecular complexity index is 613. The van der Waals surface area contributed by atoms with E-state index in [1.165, 1.54) is 6.07 Å². The predicted molar refractivity (Wildman–Crippen MR) is 76.4 cm³/mol. The van der Waals surface area contributed by atoms with Gasteiger partial charge < -0.3 is 4.74 Å². The second-order valence-corrected chi connectivity index (χ2v) is 4.95. The van der Waals surface area contributed by atoms with Gasteiger partial charge in [-0.2, -0.15) is 0 Å². The second kappa shape index (κ2) is 6.23. The van der Waals surface area contributed by atoms with Crippen LogP contribution in [0.2, 0.25) is 0 Å². The lowest BCUT2D eigenvalue weighted by atomic mass is 10.0. The predicted octanol–water partition coefficient (Wildman–Crippen LogP) is 5.00. The van der Waals surface area contributed by atoms with E-state index in [4.69, 9.17) is 16.3 Å². The first-order chi connectivity index (χ1) is 9.52. The molecule has 0 spiro atoms. The van der Waals surface area contributed by atoms with Gasteiger partial charge in [0.25, 0.3) is 0 Å². The molecule has 4 heteroatoms. The van der Waals surface area contributed by atoms with Gasteiger partial charge in [-0.05, 0) is 37.6 Å². The van der Waals surface area contributed by atoms with E-state index in [1.807, 2.05) is 32.0 Å². The molecule has 2 rings (SSSR count). The van der Waals surface area contributed by atoms with E-state index < -0.39 is 17.0 Å². The van der Waals surface area contributed by atoms with Gasteiger partial charge in [0.2, 0.25) is 0 Å². The minimum atomic E-state index is -0.904. The molecule has 106 valence electrons. The molecule has 0 aliphatic heterocycles. The van der Waals surface area contributed by atoms with Crippen molar-refractivity contribution in [3.63, 3.8) is 0 Å². The van der Waals surface area contributed by atoms with Crippen LogP contribution in [0, 0.1) is 18.6 Å². The van der Waals surface area contributed by atoms with E-state index in [0.29, 0.717) is 17.9 Å². The maximum absolute atomic E-state index is 13.3. The monoisotopic (exact) mass is 296 g/mol. The average Bonchev–Trinajstić information content (AvgIpc) is 2.43. The van der Waals surface area contributed by atoms with Gasteiger partial charge >= 0.3 is 0 Å². The Morgan fingerprint density at radius 1 is 1.10 bits per heavy atom. The molecule has 0 bridgehead atoms. The fourth-order valence-corrected chi connectivity index (χ4v) is 2.31. The molecule has 2 aromatic carbocycles. The van der Waals surface area contributed by atoms with E-state index in [1.54, 1.807) is 0 Å². The number of hydrogen-bond donors (Lipinski definition) is 0. The molecule has 0 radical (unpaired) electrons. The minimum Gasteiger partial charge on any atom is -0.494 e. The number of aryl methyl sites for hydroxylation is 1. The maximum atomic E-state index is 13.3. The van der Waals surface area contributed by atoms with Crippen LogP contribution in [0.15, 0.2) is 36.4 Å². The van der Waals surface area contributed by atoms with Crippen molar-refractivity contribution in [3.05, 3.63) is 64.7 Å². The van der Waals surface area contributed by atoms with Crippen LogP contribution in [-0.2, 0) is 0 Å². The molecule has 0 N–H and O–H groups in total. The van der Waals surface area contributed by atoms with Crippen molar-refractivity contribution in [2.24, 2.45) is 0 Å². The Kier molecular flexibility index (Phi) is 4.61. The number of alkyl halides is 1. The van der Waals surface area contributed by atoms with Gasteiger partial charge in [0.15, 0.2) is 11.6 Å². The van der Waals surface area contributed by atoms with E-state index >= 15 is 0 Å². The molecule has 0 heterocycles. The second-order valence-electron chi connectivity index (χ2n) is 4.51. The number of halogens is 3. The zero-order chi connectivity index (χ0) is 14.7. The third kappa shape index (κ3) is 3.10. The molecule has 0 aliphatic carbocycles. The van der Waals surface area contributed by atoms with Crippen molar-refractivity contribution < 1.29 is 13.5 Å². The highest BCUT2D eigenvalue weighted by Crippen LogP contribution is 2.36. The normalized spacial score (nSPS) is 12.2. The minimum absolute atomic E-state index is 0.497. The van der Waals surface area contributed by atoms with Crippen molar-refractivity contribution in [2.75, 3.05) is 6.61 Å². The lowest BCUT2D eigenvalue weighted by Gasteiger charge is -2.16. The molecule has 0 amide bonds. The van der Waals surface area contributed by atoms with Crippen LogP contribution in [-0.4, -0.2) is 6.61 Å². The number of ether oxygens (including phenoxy) is 1. The van der Waals surface area contributed by atoms with Crippen molar-refractivity contribution in [1.82, 2.24) is 0 Å². The van der Waals surface area contributed by atoms with E-state index in [9.17, 15) is 8.78 Å². The summed E-state index contributed by atoms with van der Waals surface area (Å²) in [4.78, 5) is 0. The molecule has 0 saturated heterocycles. The van der Waals surface area contributed by atoms with Gasteiger partial charge in [0, 0.05) is 5.56 Å². The van der Waals surface area contributed by atoms with Crippen LogP contribution >= 0.6 is 11.6 Å². The molecule has 0 fully saturated rings. The van der Waals surface area contributed by atoms with Crippen molar-refractivity contribution in [2.45, 2.75) is 19.2 Å². The largest absolute Gasteiger partial charge is 0.494 e. The fourth-order valence-electron chi connectivity index (χ4n) is 2.00. The standard InChI is InChI=1S/C16H15ClF2O/c1-3-20-15-7-4-10(2)8-12(15)16(17)11-5-6-13(18)14(19)9-11/h4-9,16H,3H2,1-2H3. The topological polar surface area (TPSA) is 9.23 Å². The van der Waals surface area contributed by atoms with E-state index in [-0.39, 0.29) is 0 Å². The summed E-state index contributed by atoms with van der Waals surface area (Å²) in [6.07, 6.45) is 0. The Morgan fingerprint density at radius 3 is 2.50 bits per heavy atom. The summed E-state index contributed by atoms with van der Waals surface area (Å²) in [5.41, 5.74) is 2.27. The van der Waals surface area contributed by atoms with Crippen molar-refractivity contribution >= 4 is 11.6 Å². The molecule has 1 nitrogen and oxygen atoms in total. The summed E-state index contributed by atoms with van der Waals surface area (Å²) in [7, 11) is 0. The first-order valence-corrected chi connectivity index (χ1v) is 6.79. The molecule has 20 heavy (non-hydrogen) atoms. The zero-order valence-corrected chi connectivity index (χ0v) is 12.0. The van der Waals surface area contributed by atoms with E-state index in [0.717, 1.165) is 23.3 Å². The summed E-state index contributed by atoms with van der Waals surface area (Å²) in [5.74, 6) is -1.13. The summed E-state index contributed by atoms with van der Waals surface area (Å²) in [6, 6.07) is 9.33. The smallest absolute Gasteiger partial charge is 0.159 e. The average molecular weight is 297 g/mol. The van der Waals surface area contributed by atoms with Crippen molar-refractivity contribution in [3.8, 4) is 5.75 Å². The summed E-state index contributed by atoms with van der Waals surface area (Å²) in [5, 5.41) is -0.591. The van der Waals surface area contributed by atoms with Gasteiger partial charge in [0.1, 0.15) is 5.75 Å². The molecular weight excluding hydrogens is 282 g/mol. The summed E-state index contributed by atoms with van der Waals surface area (Å²) in [6.45, 7) is 4.33. The van der Waals surface area contributed by atoms with Crippen molar-refractivity contribution in [1.29, 1.82) is 0 Å².